The van der Waals surface area contributed by atoms with Crippen LogP contribution in [0.5, 0.6) is 0 Å². The van der Waals surface area contributed by atoms with Gasteiger partial charge in [0.2, 0.25) is 0 Å². The van der Waals surface area contributed by atoms with Gasteiger partial charge in [-0.1, -0.05) is 35.0 Å². The van der Waals surface area contributed by atoms with Crippen LogP contribution in [0.3, 0.4) is 0 Å². The van der Waals surface area contributed by atoms with E-state index in [4.69, 9.17) is 23.2 Å². The van der Waals surface area contributed by atoms with Gasteiger partial charge in [-0.05, 0) is 30.3 Å². The SMILES string of the molecule is O=C(CSc1nnc2c(Cl)cc(Cl)cn12)c1ccc(F)cc1. The largest absolute Gasteiger partial charge is 0.293 e. The molecule has 0 amide bonds. The molecule has 0 fully saturated rings. The molecule has 4 nitrogen and oxygen atoms in total. The molecule has 3 rings (SSSR count). The third kappa shape index (κ3) is 3.09. The average Bonchev–Trinajstić information content (AvgIpc) is 2.89. The molecule has 0 aliphatic rings. The van der Waals surface area contributed by atoms with Gasteiger partial charge in [-0.25, -0.2) is 4.39 Å². The molecule has 0 aliphatic heterocycles. The number of benzene rings is 1. The first kappa shape index (κ1) is 15.3. The summed E-state index contributed by atoms with van der Waals surface area (Å²) in [5.41, 5.74) is 0.918. The van der Waals surface area contributed by atoms with E-state index < -0.39 is 0 Å². The van der Waals surface area contributed by atoms with Crippen molar-refractivity contribution in [3.8, 4) is 0 Å². The Morgan fingerprint density at radius 3 is 2.68 bits per heavy atom. The van der Waals surface area contributed by atoms with Crippen molar-refractivity contribution in [2.45, 2.75) is 5.16 Å². The Morgan fingerprint density at radius 2 is 1.95 bits per heavy atom. The molecule has 2 aromatic heterocycles. The molecule has 0 spiro atoms. The molecule has 0 saturated carbocycles. The van der Waals surface area contributed by atoms with Gasteiger partial charge < -0.3 is 0 Å². The van der Waals surface area contributed by atoms with Gasteiger partial charge in [-0.3, -0.25) is 9.20 Å². The molecule has 0 saturated heterocycles. The third-order valence-electron chi connectivity index (χ3n) is 2.89. The van der Waals surface area contributed by atoms with Crippen molar-refractivity contribution in [3.63, 3.8) is 0 Å². The van der Waals surface area contributed by atoms with Gasteiger partial charge in [-0.2, -0.15) is 0 Å². The molecule has 1 aromatic carbocycles. The van der Waals surface area contributed by atoms with Crippen LogP contribution in [0.15, 0.2) is 41.7 Å². The van der Waals surface area contributed by atoms with Crippen LogP contribution in [0.2, 0.25) is 10.0 Å². The van der Waals surface area contributed by atoms with Gasteiger partial charge in [0.25, 0.3) is 0 Å². The summed E-state index contributed by atoms with van der Waals surface area (Å²) >= 11 is 13.2. The first-order valence-electron chi connectivity index (χ1n) is 6.16. The highest BCUT2D eigenvalue weighted by Crippen LogP contribution is 2.25. The van der Waals surface area contributed by atoms with Crippen LogP contribution in [0.4, 0.5) is 4.39 Å². The maximum atomic E-state index is 12.8. The topological polar surface area (TPSA) is 47.3 Å². The molecule has 2 heterocycles. The van der Waals surface area contributed by atoms with Crippen molar-refractivity contribution in [1.82, 2.24) is 14.6 Å². The lowest BCUT2D eigenvalue weighted by Crippen LogP contribution is -2.03. The van der Waals surface area contributed by atoms with E-state index in [1.165, 1.54) is 36.0 Å². The van der Waals surface area contributed by atoms with Crippen LogP contribution in [-0.4, -0.2) is 26.1 Å². The fraction of sp³-hybridized carbons (Fsp3) is 0.0714. The van der Waals surface area contributed by atoms with Crippen molar-refractivity contribution in [1.29, 1.82) is 0 Å². The van der Waals surface area contributed by atoms with Crippen molar-refractivity contribution in [2.24, 2.45) is 0 Å². The number of ketones is 1. The summed E-state index contributed by atoms with van der Waals surface area (Å²) in [6.07, 6.45) is 1.63. The fourth-order valence-electron chi connectivity index (χ4n) is 1.85. The van der Waals surface area contributed by atoms with E-state index in [-0.39, 0.29) is 17.4 Å². The molecule has 0 N–H and O–H groups in total. The summed E-state index contributed by atoms with van der Waals surface area (Å²) in [4.78, 5) is 12.1. The van der Waals surface area contributed by atoms with E-state index in [0.29, 0.717) is 26.4 Å². The lowest BCUT2D eigenvalue weighted by molar-refractivity contribution is 0.102. The highest BCUT2D eigenvalue weighted by molar-refractivity contribution is 7.99. The number of carbonyl (C=O) groups is 1. The van der Waals surface area contributed by atoms with Crippen molar-refractivity contribution in [3.05, 3.63) is 58.0 Å². The molecule has 0 atom stereocenters. The molecular weight excluding hydrogens is 348 g/mol. The van der Waals surface area contributed by atoms with Crippen LogP contribution < -0.4 is 0 Å². The van der Waals surface area contributed by atoms with Gasteiger partial charge in [0, 0.05) is 11.8 Å². The summed E-state index contributed by atoms with van der Waals surface area (Å²) in [5, 5.41) is 9.30. The highest BCUT2D eigenvalue weighted by atomic mass is 35.5. The molecule has 8 heteroatoms. The number of Topliss-reactive ketones (excluding diaryl/α,β-unsaturated/α-hetero) is 1. The van der Waals surface area contributed by atoms with E-state index in [1.54, 1.807) is 16.7 Å². The van der Waals surface area contributed by atoms with Gasteiger partial charge >= 0.3 is 0 Å². The van der Waals surface area contributed by atoms with E-state index in [2.05, 4.69) is 10.2 Å². The normalized spacial score (nSPS) is 11.0. The third-order valence-corrected chi connectivity index (χ3v) is 4.32. The molecule has 0 unspecified atom stereocenters. The number of hydrogen-bond donors (Lipinski definition) is 0. The number of nitrogens with zero attached hydrogens (tertiary/aromatic N) is 3. The summed E-state index contributed by atoms with van der Waals surface area (Å²) in [7, 11) is 0. The standard InChI is InChI=1S/C14H8Cl2FN3OS/c15-9-5-11(16)13-18-19-14(20(13)6-9)22-7-12(21)8-1-3-10(17)4-2-8/h1-6H,7H2. The molecule has 112 valence electrons. The number of halogens is 3. The zero-order valence-corrected chi connectivity index (χ0v) is 13.3. The number of rotatable bonds is 4. The van der Waals surface area contributed by atoms with Crippen LogP contribution in [0.1, 0.15) is 10.4 Å². The molecule has 0 radical (unpaired) electrons. The van der Waals surface area contributed by atoms with Gasteiger partial charge in [0.05, 0.1) is 15.8 Å². The Balaban J connectivity index is 1.79. The number of carbonyl (C=O) groups excluding carboxylic acids is 1. The molecule has 0 aliphatic carbocycles. The first-order chi connectivity index (χ1) is 10.5. The monoisotopic (exact) mass is 355 g/mol. The lowest BCUT2D eigenvalue weighted by Gasteiger charge is -2.02. The smallest absolute Gasteiger partial charge is 0.196 e. The predicted octanol–water partition coefficient (Wildman–Crippen LogP) is 4.15. The number of thioether (sulfide) groups is 1. The second-order valence-electron chi connectivity index (χ2n) is 4.40. The quantitative estimate of drug-likeness (QED) is 0.521. The summed E-state index contributed by atoms with van der Waals surface area (Å²) in [6.45, 7) is 0. The van der Waals surface area contributed by atoms with Crippen molar-refractivity contribution >= 4 is 46.4 Å². The second-order valence-corrected chi connectivity index (χ2v) is 6.19. The minimum atomic E-state index is -0.378. The summed E-state index contributed by atoms with van der Waals surface area (Å²) < 4.78 is 14.5. The number of pyridine rings is 1. The Bertz CT molecular complexity index is 851. The zero-order chi connectivity index (χ0) is 15.7. The fourth-order valence-corrected chi connectivity index (χ4v) is 3.16. The minimum Gasteiger partial charge on any atom is -0.293 e. The Hall–Kier alpha value is -1.63. The van der Waals surface area contributed by atoms with Crippen LogP contribution >= 0.6 is 35.0 Å². The lowest BCUT2D eigenvalue weighted by atomic mass is 10.1. The molecule has 0 bridgehead atoms. The van der Waals surface area contributed by atoms with Crippen molar-refractivity contribution in [2.75, 3.05) is 5.75 Å². The minimum absolute atomic E-state index is 0.130. The summed E-state index contributed by atoms with van der Waals surface area (Å²) in [6, 6.07) is 6.99. The molecule has 22 heavy (non-hydrogen) atoms. The van der Waals surface area contributed by atoms with Gasteiger partial charge in [0.1, 0.15) is 5.82 Å². The maximum absolute atomic E-state index is 12.8. The number of fused-ring (bicyclic) bond motifs is 1. The highest BCUT2D eigenvalue weighted by Gasteiger charge is 2.13. The first-order valence-corrected chi connectivity index (χ1v) is 7.90. The number of aromatic nitrogens is 3. The summed E-state index contributed by atoms with van der Waals surface area (Å²) in [5.74, 6) is -0.358. The van der Waals surface area contributed by atoms with Crippen molar-refractivity contribution < 1.29 is 9.18 Å². The maximum Gasteiger partial charge on any atom is 0.196 e. The zero-order valence-electron chi connectivity index (χ0n) is 11.0. The predicted molar refractivity (Wildman–Crippen MR) is 84.5 cm³/mol. The van der Waals surface area contributed by atoms with E-state index in [1.807, 2.05) is 0 Å². The van der Waals surface area contributed by atoms with Crippen LogP contribution in [0.25, 0.3) is 5.65 Å². The molecular formula is C14H8Cl2FN3OS. The Morgan fingerprint density at radius 1 is 1.23 bits per heavy atom. The Labute approximate surface area is 139 Å². The average molecular weight is 356 g/mol. The van der Waals surface area contributed by atoms with Gasteiger partial charge in [0.15, 0.2) is 16.6 Å². The van der Waals surface area contributed by atoms with Gasteiger partial charge in [-0.15, -0.1) is 10.2 Å². The molecule has 3 aromatic rings. The van der Waals surface area contributed by atoms with E-state index in [0.717, 1.165) is 0 Å². The second kappa shape index (κ2) is 6.24. The van der Waals surface area contributed by atoms with E-state index >= 15 is 0 Å². The van der Waals surface area contributed by atoms with E-state index in [9.17, 15) is 9.18 Å². The Kier molecular flexibility index (Phi) is 4.33. The number of hydrogen-bond acceptors (Lipinski definition) is 4. The van der Waals surface area contributed by atoms with Crippen LogP contribution in [0, 0.1) is 5.82 Å². The van der Waals surface area contributed by atoms with Crippen LogP contribution in [-0.2, 0) is 0 Å².